The summed E-state index contributed by atoms with van der Waals surface area (Å²) in [5.74, 6) is 0.267. The van der Waals surface area contributed by atoms with Gasteiger partial charge in [0.2, 0.25) is 5.91 Å². The second kappa shape index (κ2) is 7.32. The van der Waals surface area contributed by atoms with Gasteiger partial charge in [-0.2, -0.15) is 0 Å². The maximum atomic E-state index is 12.7. The highest BCUT2D eigenvalue weighted by Gasteiger charge is 2.29. The van der Waals surface area contributed by atoms with Crippen molar-refractivity contribution in [2.45, 2.75) is 52.0 Å². The number of hydrogen-bond donors (Lipinski definition) is 1. The van der Waals surface area contributed by atoms with Gasteiger partial charge in [0.25, 0.3) is 0 Å². The molecule has 1 aromatic carbocycles. The summed E-state index contributed by atoms with van der Waals surface area (Å²) in [6, 6.07) is 8.16. The first kappa shape index (κ1) is 14.9. The lowest BCUT2D eigenvalue weighted by Crippen LogP contribution is -2.43. The molecule has 0 aliphatic carbocycles. The molecule has 0 spiro atoms. The Morgan fingerprint density at radius 3 is 2.45 bits per heavy atom. The van der Waals surface area contributed by atoms with Gasteiger partial charge in [0.1, 0.15) is 6.04 Å². The van der Waals surface area contributed by atoms with Crippen molar-refractivity contribution in [2.24, 2.45) is 0 Å². The van der Waals surface area contributed by atoms with Crippen LogP contribution in [0.25, 0.3) is 0 Å². The fraction of sp³-hybridized carbons (Fsp3) is 0.588. The van der Waals surface area contributed by atoms with Gasteiger partial charge in [-0.3, -0.25) is 4.79 Å². The number of amides is 1. The Kier molecular flexibility index (Phi) is 5.45. The van der Waals surface area contributed by atoms with Gasteiger partial charge in [-0.25, -0.2) is 0 Å². The number of hydrogen-bond acceptors (Lipinski definition) is 2. The van der Waals surface area contributed by atoms with Gasteiger partial charge in [0.05, 0.1) is 0 Å². The number of carbonyl (C=O) groups excluding carboxylic acids is 1. The number of nitrogens with one attached hydrogen (secondary N) is 1. The molecule has 0 aromatic heterocycles. The lowest BCUT2D eigenvalue weighted by Gasteiger charge is -2.25. The second-order valence-corrected chi connectivity index (χ2v) is 5.59. The molecular weight excluding hydrogens is 248 g/mol. The summed E-state index contributed by atoms with van der Waals surface area (Å²) in [7, 11) is 0. The number of fused-ring (bicyclic) bond motifs is 1. The fourth-order valence-electron chi connectivity index (χ4n) is 2.70. The summed E-state index contributed by atoms with van der Waals surface area (Å²) in [4.78, 5) is 14.7. The van der Waals surface area contributed by atoms with Crippen molar-refractivity contribution in [2.75, 3.05) is 18.4 Å². The highest BCUT2D eigenvalue weighted by Crippen LogP contribution is 2.26. The molecule has 1 aliphatic rings. The van der Waals surface area contributed by atoms with Crippen molar-refractivity contribution in [3.05, 3.63) is 29.8 Å². The van der Waals surface area contributed by atoms with Crippen molar-refractivity contribution in [1.29, 1.82) is 0 Å². The Morgan fingerprint density at radius 1 is 1.20 bits per heavy atom. The van der Waals surface area contributed by atoms with Crippen LogP contribution >= 0.6 is 0 Å². The maximum absolute atomic E-state index is 12.7. The van der Waals surface area contributed by atoms with Gasteiger partial charge >= 0.3 is 0 Å². The van der Waals surface area contributed by atoms with E-state index >= 15 is 0 Å². The lowest BCUT2D eigenvalue weighted by atomic mass is 10.1. The largest absolute Gasteiger partial charge is 0.373 e. The summed E-state index contributed by atoms with van der Waals surface area (Å²) in [5, 5.41) is 3.38. The second-order valence-electron chi connectivity index (χ2n) is 5.59. The Labute approximate surface area is 122 Å². The molecule has 3 heteroatoms. The summed E-state index contributed by atoms with van der Waals surface area (Å²) in [6.45, 7) is 6.13. The van der Waals surface area contributed by atoms with Gasteiger partial charge in [-0.05, 0) is 24.5 Å². The SMILES string of the molecule is CCCCN(CCCC)C(=O)[C@@H]1Cc2ccccc2N1. The quantitative estimate of drug-likeness (QED) is 0.826. The smallest absolute Gasteiger partial charge is 0.245 e. The minimum absolute atomic E-state index is 0.0684. The first-order chi connectivity index (χ1) is 9.76. The van der Waals surface area contributed by atoms with Crippen LogP contribution in [0.15, 0.2) is 24.3 Å². The minimum Gasteiger partial charge on any atom is -0.373 e. The molecule has 1 amide bonds. The predicted octanol–water partition coefficient (Wildman–Crippen LogP) is 3.45. The molecule has 1 aliphatic heterocycles. The molecule has 2 rings (SSSR count). The number of nitrogens with zero attached hydrogens (tertiary/aromatic N) is 1. The van der Waals surface area contributed by atoms with E-state index in [9.17, 15) is 4.79 Å². The topological polar surface area (TPSA) is 32.3 Å². The molecule has 1 atom stereocenters. The maximum Gasteiger partial charge on any atom is 0.245 e. The lowest BCUT2D eigenvalue weighted by molar-refractivity contribution is -0.132. The molecule has 1 N–H and O–H groups in total. The fourth-order valence-corrected chi connectivity index (χ4v) is 2.70. The summed E-state index contributed by atoms with van der Waals surface area (Å²) in [5.41, 5.74) is 2.38. The minimum atomic E-state index is -0.0684. The molecule has 3 nitrogen and oxygen atoms in total. The van der Waals surface area contributed by atoms with E-state index in [0.29, 0.717) is 0 Å². The third kappa shape index (κ3) is 3.53. The third-order valence-corrected chi connectivity index (χ3v) is 3.94. The average Bonchev–Trinajstić information content (AvgIpc) is 2.90. The van der Waals surface area contributed by atoms with Crippen molar-refractivity contribution >= 4 is 11.6 Å². The Morgan fingerprint density at radius 2 is 1.85 bits per heavy atom. The van der Waals surface area contributed by atoms with Gasteiger partial charge < -0.3 is 10.2 Å². The van der Waals surface area contributed by atoms with Crippen molar-refractivity contribution in [3.8, 4) is 0 Å². The molecular formula is C17H26N2O. The van der Waals surface area contributed by atoms with Gasteiger partial charge in [-0.15, -0.1) is 0 Å². The molecule has 1 heterocycles. The van der Waals surface area contributed by atoms with Crippen LogP contribution in [0.2, 0.25) is 0 Å². The van der Waals surface area contributed by atoms with E-state index in [4.69, 9.17) is 0 Å². The predicted molar refractivity (Wildman–Crippen MR) is 84.0 cm³/mol. The molecule has 0 saturated heterocycles. The van der Waals surface area contributed by atoms with E-state index in [0.717, 1.165) is 50.9 Å². The monoisotopic (exact) mass is 274 g/mol. The van der Waals surface area contributed by atoms with Crippen molar-refractivity contribution < 1.29 is 4.79 Å². The zero-order valence-corrected chi connectivity index (χ0v) is 12.7. The normalized spacial score (nSPS) is 16.6. The van der Waals surface area contributed by atoms with Crippen LogP contribution in [-0.4, -0.2) is 29.9 Å². The van der Waals surface area contributed by atoms with E-state index in [2.05, 4.69) is 36.2 Å². The number of anilines is 1. The average molecular weight is 274 g/mol. The van der Waals surface area contributed by atoms with Crippen LogP contribution in [0.5, 0.6) is 0 Å². The molecule has 20 heavy (non-hydrogen) atoms. The molecule has 0 fully saturated rings. The van der Waals surface area contributed by atoms with E-state index in [1.807, 2.05) is 12.1 Å². The van der Waals surface area contributed by atoms with E-state index in [-0.39, 0.29) is 11.9 Å². The van der Waals surface area contributed by atoms with Gasteiger partial charge in [0.15, 0.2) is 0 Å². The van der Waals surface area contributed by atoms with Gasteiger partial charge in [-0.1, -0.05) is 44.9 Å². The number of para-hydroxylation sites is 1. The first-order valence-corrected chi connectivity index (χ1v) is 7.89. The van der Waals surface area contributed by atoms with Crippen molar-refractivity contribution in [1.82, 2.24) is 4.90 Å². The number of unbranched alkanes of at least 4 members (excludes halogenated alkanes) is 2. The van der Waals surface area contributed by atoms with Crippen LogP contribution < -0.4 is 5.32 Å². The Hall–Kier alpha value is -1.51. The van der Waals surface area contributed by atoms with Crippen LogP contribution in [0.3, 0.4) is 0 Å². The molecule has 0 radical (unpaired) electrons. The highest BCUT2D eigenvalue weighted by molar-refractivity contribution is 5.87. The third-order valence-electron chi connectivity index (χ3n) is 3.94. The summed E-state index contributed by atoms with van der Waals surface area (Å²) in [6.07, 6.45) is 5.27. The number of rotatable bonds is 7. The van der Waals surface area contributed by atoms with E-state index in [1.165, 1.54) is 5.56 Å². The Balaban J connectivity index is 1.98. The van der Waals surface area contributed by atoms with Crippen molar-refractivity contribution in [3.63, 3.8) is 0 Å². The van der Waals surface area contributed by atoms with Crippen LogP contribution in [0.1, 0.15) is 45.1 Å². The first-order valence-electron chi connectivity index (χ1n) is 7.89. The molecule has 110 valence electrons. The zero-order chi connectivity index (χ0) is 14.4. The molecule has 0 saturated carbocycles. The summed E-state index contributed by atoms with van der Waals surface area (Å²) >= 11 is 0. The van der Waals surface area contributed by atoms with Crippen LogP contribution in [0.4, 0.5) is 5.69 Å². The molecule has 0 unspecified atom stereocenters. The summed E-state index contributed by atoms with van der Waals surface area (Å²) < 4.78 is 0. The van der Waals surface area contributed by atoms with E-state index in [1.54, 1.807) is 0 Å². The van der Waals surface area contributed by atoms with Gasteiger partial charge in [0, 0.05) is 25.2 Å². The van der Waals surface area contributed by atoms with Crippen LogP contribution in [0, 0.1) is 0 Å². The molecule has 1 aromatic rings. The standard InChI is InChI=1S/C17H26N2O/c1-3-5-11-19(12-6-4-2)17(20)16-13-14-9-7-8-10-15(14)18-16/h7-10,16,18H,3-6,11-13H2,1-2H3/t16-/m0/s1. The number of benzene rings is 1. The number of carbonyl (C=O) groups is 1. The highest BCUT2D eigenvalue weighted by atomic mass is 16.2. The van der Waals surface area contributed by atoms with E-state index < -0.39 is 0 Å². The Bertz CT molecular complexity index is 411. The zero-order valence-electron chi connectivity index (χ0n) is 12.7. The molecule has 0 bridgehead atoms. The van der Waals surface area contributed by atoms with Crippen LogP contribution in [-0.2, 0) is 11.2 Å².